The monoisotopic (exact) mass is 424 g/mol. The van der Waals surface area contributed by atoms with E-state index in [2.05, 4.69) is 68.3 Å². The number of pyridine rings is 1. The first-order chi connectivity index (χ1) is 11.6. The van der Waals surface area contributed by atoms with Gasteiger partial charge in [-0.15, -0.1) is 11.3 Å². The zero-order chi connectivity index (χ0) is 17.1. The molecule has 2 aromatic heterocycles. The van der Waals surface area contributed by atoms with Crippen molar-refractivity contribution in [1.82, 2.24) is 20.1 Å². The van der Waals surface area contributed by atoms with E-state index in [0.29, 0.717) is 0 Å². The van der Waals surface area contributed by atoms with Crippen LogP contribution in [-0.4, -0.2) is 47.1 Å². The number of nitrogens with zero attached hydrogens (tertiary/aromatic N) is 3. The fourth-order valence-corrected chi connectivity index (χ4v) is 4.91. The summed E-state index contributed by atoms with van der Waals surface area (Å²) >= 11 is 11.0. The number of hydrogen-bond donors (Lipinski definition) is 1. The molecule has 2 atom stereocenters. The normalized spacial score (nSPS) is 20.7. The zero-order valence-corrected chi connectivity index (χ0v) is 17.0. The average molecular weight is 425 g/mol. The Morgan fingerprint density at radius 1 is 1.33 bits per heavy atom. The Labute approximate surface area is 161 Å². The first-order valence-corrected chi connectivity index (χ1v) is 9.96. The second-order valence-electron chi connectivity index (χ2n) is 6.12. The van der Waals surface area contributed by atoms with E-state index in [0.717, 1.165) is 34.1 Å². The Balaban J connectivity index is 1.88. The second-order valence-corrected chi connectivity index (χ2v) is 9.00. The number of rotatable bonds is 6. The fraction of sp³-hybridized carbons (Fsp3) is 0.412. The molecule has 4 nitrogen and oxygen atoms in total. The van der Waals surface area contributed by atoms with Crippen molar-refractivity contribution in [1.29, 1.82) is 0 Å². The third kappa shape index (κ3) is 3.96. The molecular weight excluding hydrogens is 404 g/mol. The van der Waals surface area contributed by atoms with Crippen LogP contribution in [0.15, 0.2) is 40.3 Å². The summed E-state index contributed by atoms with van der Waals surface area (Å²) in [6.45, 7) is 1.99. The molecule has 1 saturated heterocycles. The predicted molar refractivity (Wildman–Crippen MR) is 107 cm³/mol. The quantitative estimate of drug-likeness (QED) is 0.712. The van der Waals surface area contributed by atoms with Gasteiger partial charge in [-0.05, 0) is 79.5 Å². The van der Waals surface area contributed by atoms with Crippen molar-refractivity contribution in [2.24, 2.45) is 0 Å². The molecule has 0 aliphatic carbocycles. The molecule has 0 amide bonds. The molecular formula is C17H21BrN4S2. The van der Waals surface area contributed by atoms with Gasteiger partial charge in [0.1, 0.15) is 0 Å². The van der Waals surface area contributed by atoms with Crippen LogP contribution in [0.5, 0.6) is 0 Å². The molecule has 1 N–H and O–H groups in total. The topological polar surface area (TPSA) is 31.4 Å². The molecule has 2 aromatic rings. The summed E-state index contributed by atoms with van der Waals surface area (Å²) in [6, 6.07) is 10.6. The molecule has 0 spiro atoms. The minimum Gasteiger partial charge on any atom is -0.352 e. The number of hydrogen-bond acceptors (Lipinski definition) is 4. The molecule has 3 heterocycles. The van der Waals surface area contributed by atoms with Gasteiger partial charge in [-0.1, -0.05) is 6.07 Å². The van der Waals surface area contributed by atoms with Crippen molar-refractivity contribution in [3.63, 3.8) is 0 Å². The van der Waals surface area contributed by atoms with Crippen LogP contribution < -0.4 is 5.32 Å². The van der Waals surface area contributed by atoms with Gasteiger partial charge < -0.3 is 15.1 Å². The Kier molecular flexibility index (Phi) is 5.86. The Hall–Kier alpha value is -1.02. The summed E-state index contributed by atoms with van der Waals surface area (Å²) in [4.78, 5) is 10.4. The van der Waals surface area contributed by atoms with E-state index < -0.39 is 0 Å². The first-order valence-electron chi connectivity index (χ1n) is 7.94. The first kappa shape index (κ1) is 17.8. The van der Waals surface area contributed by atoms with Crippen molar-refractivity contribution in [3.05, 3.63) is 50.9 Å². The van der Waals surface area contributed by atoms with Crippen molar-refractivity contribution in [3.8, 4) is 0 Å². The fourth-order valence-electron chi connectivity index (χ4n) is 3.00. The molecule has 1 aliphatic rings. The highest BCUT2D eigenvalue weighted by Crippen LogP contribution is 2.42. The van der Waals surface area contributed by atoms with Crippen LogP contribution in [0.2, 0.25) is 0 Å². The largest absolute Gasteiger partial charge is 0.352 e. The van der Waals surface area contributed by atoms with Gasteiger partial charge in [0.05, 0.1) is 21.6 Å². The van der Waals surface area contributed by atoms with Gasteiger partial charge >= 0.3 is 0 Å². The van der Waals surface area contributed by atoms with Crippen LogP contribution in [0.4, 0.5) is 0 Å². The molecule has 0 bridgehead atoms. The lowest BCUT2D eigenvalue weighted by atomic mass is 10.0. The molecule has 3 rings (SSSR count). The number of halogens is 1. The van der Waals surface area contributed by atoms with E-state index in [1.165, 1.54) is 4.88 Å². The molecule has 24 heavy (non-hydrogen) atoms. The smallest absolute Gasteiger partial charge is 0.170 e. The zero-order valence-electron chi connectivity index (χ0n) is 13.8. The summed E-state index contributed by atoms with van der Waals surface area (Å²) in [5, 5.41) is 4.31. The molecule has 1 aliphatic heterocycles. The molecule has 1 fully saturated rings. The maximum absolute atomic E-state index is 5.65. The van der Waals surface area contributed by atoms with Gasteiger partial charge in [0.15, 0.2) is 5.11 Å². The van der Waals surface area contributed by atoms with E-state index in [4.69, 9.17) is 12.2 Å². The molecule has 0 radical (unpaired) electrons. The molecule has 128 valence electrons. The van der Waals surface area contributed by atoms with E-state index in [1.807, 2.05) is 18.3 Å². The predicted octanol–water partition coefficient (Wildman–Crippen LogP) is 3.83. The average Bonchev–Trinajstić information content (AvgIpc) is 3.12. The van der Waals surface area contributed by atoms with E-state index in [-0.39, 0.29) is 12.1 Å². The van der Waals surface area contributed by atoms with Gasteiger partial charge in [-0.2, -0.15) is 0 Å². The summed E-state index contributed by atoms with van der Waals surface area (Å²) in [6.07, 6.45) is 2.92. The lowest BCUT2D eigenvalue weighted by Crippen LogP contribution is -2.32. The van der Waals surface area contributed by atoms with Gasteiger partial charge in [0.25, 0.3) is 0 Å². The van der Waals surface area contributed by atoms with Crippen LogP contribution in [-0.2, 0) is 0 Å². The third-order valence-electron chi connectivity index (χ3n) is 4.09. The second kappa shape index (κ2) is 7.91. The Morgan fingerprint density at radius 2 is 2.17 bits per heavy atom. The highest BCUT2D eigenvalue weighted by atomic mass is 79.9. The molecule has 0 aromatic carbocycles. The Morgan fingerprint density at radius 3 is 2.79 bits per heavy atom. The van der Waals surface area contributed by atoms with Crippen molar-refractivity contribution < 1.29 is 0 Å². The molecule has 7 heteroatoms. The minimum atomic E-state index is 0.0867. The number of thiophene rings is 1. The van der Waals surface area contributed by atoms with E-state index >= 15 is 0 Å². The maximum atomic E-state index is 5.65. The highest BCUT2D eigenvalue weighted by Gasteiger charge is 2.40. The van der Waals surface area contributed by atoms with Crippen molar-refractivity contribution in [2.45, 2.75) is 18.5 Å². The van der Waals surface area contributed by atoms with Crippen LogP contribution in [0.3, 0.4) is 0 Å². The van der Waals surface area contributed by atoms with Gasteiger partial charge in [0.2, 0.25) is 0 Å². The van der Waals surface area contributed by atoms with E-state index in [1.54, 1.807) is 11.3 Å². The van der Waals surface area contributed by atoms with Gasteiger partial charge in [-0.3, -0.25) is 4.98 Å². The molecule has 0 saturated carbocycles. The highest BCUT2D eigenvalue weighted by molar-refractivity contribution is 9.11. The van der Waals surface area contributed by atoms with Crippen LogP contribution in [0.25, 0.3) is 0 Å². The van der Waals surface area contributed by atoms with Gasteiger partial charge in [0, 0.05) is 17.6 Å². The molecule has 0 unspecified atom stereocenters. The summed E-state index contributed by atoms with van der Waals surface area (Å²) in [7, 11) is 4.20. The standard InChI is InChI=1S/C17H21BrN4S2/c1-21(2)10-5-11-22-16(13-7-8-14(18)24-13)15(20-17(22)23)12-6-3-4-9-19-12/h3-4,6-9,15-16H,5,10-11H2,1-2H3,(H,20,23)/t15-,16+/m0/s1. The number of thiocarbonyl (C=S) groups is 1. The lowest BCUT2D eigenvalue weighted by molar-refractivity contribution is 0.296. The van der Waals surface area contributed by atoms with Crippen LogP contribution in [0, 0.1) is 0 Å². The number of nitrogens with one attached hydrogen (secondary N) is 1. The van der Waals surface area contributed by atoms with Crippen molar-refractivity contribution >= 4 is 44.6 Å². The maximum Gasteiger partial charge on any atom is 0.170 e. The summed E-state index contributed by atoms with van der Waals surface area (Å²) in [5.41, 5.74) is 1.03. The minimum absolute atomic E-state index is 0.0867. The van der Waals surface area contributed by atoms with Crippen LogP contribution >= 0.6 is 39.5 Å². The Bertz CT molecular complexity index is 689. The number of aromatic nitrogens is 1. The summed E-state index contributed by atoms with van der Waals surface area (Å²) in [5.74, 6) is 0. The van der Waals surface area contributed by atoms with Crippen molar-refractivity contribution in [2.75, 3.05) is 27.2 Å². The summed E-state index contributed by atoms with van der Waals surface area (Å²) < 4.78 is 1.14. The lowest BCUT2D eigenvalue weighted by Gasteiger charge is -2.27. The SMILES string of the molecule is CN(C)CCCN1C(=S)N[C@@H](c2ccccn2)[C@H]1c1ccc(Br)s1. The van der Waals surface area contributed by atoms with E-state index in [9.17, 15) is 0 Å². The van der Waals surface area contributed by atoms with Crippen LogP contribution in [0.1, 0.15) is 29.1 Å². The van der Waals surface area contributed by atoms with Gasteiger partial charge in [-0.25, -0.2) is 0 Å². The third-order valence-corrected chi connectivity index (χ3v) is 6.13.